The van der Waals surface area contributed by atoms with E-state index in [1.165, 1.54) is 12.1 Å². The third-order valence-electron chi connectivity index (χ3n) is 3.83. The Morgan fingerprint density at radius 2 is 2.19 bits per heavy atom. The highest BCUT2D eigenvalue weighted by Gasteiger charge is 2.27. The zero-order valence-electron chi connectivity index (χ0n) is 12.8. The van der Waals surface area contributed by atoms with Gasteiger partial charge in [-0.15, -0.1) is 0 Å². The van der Waals surface area contributed by atoms with Gasteiger partial charge in [0.05, 0.1) is 12.1 Å². The number of amides is 2. The summed E-state index contributed by atoms with van der Waals surface area (Å²) in [5, 5.41) is 12.5. The molecule has 2 rings (SSSR count). The minimum Gasteiger partial charge on any atom is -0.392 e. The predicted molar refractivity (Wildman–Crippen MR) is 79.5 cm³/mol. The molecule has 0 saturated heterocycles. The summed E-state index contributed by atoms with van der Waals surface area (Å²) in [6.07, 6.45) is 0.990. The van der Waals surface area contributed by atoms with Crippen molar-refractivity contribution in [3.8, 4) is 0 Å². The molecule has 4 nitrogen and oxygen atoms in total. The van der Waals surface area contributed by atoms with Gasteiger partial charge in [-0.2, -0.15) is 0 Å². The number of carbonyl (C=O) groups excluding carboxylic acids is 1. The molecular weight excluding hydrogens is 271 g/mol. The summed E-state index contributed by atoms with van der Waals surface area (Å²) in [6, 6.07) is 4.46. The number of aryl methyl sites for hydroxylation is 1. The highest BCUT2D eigenvalue weighted by atomic mass is 19.1. The summed E-state index contributed by atoms with van der Waals surface area (Å²) < 4.78 is 13.2. The van der Waals surface area contributed by atoms with E-state index >= 15 is 0 Å². The van der Waals surface area contributed by atoms with Gasteiger partial charge >= 0.3 is 6.03 Å². The fourth-order valence-electron chi connectivity index (χ4n) is 2.78. The summed E-state index contributed by atoms with van der Waals surface area (Å²) in [4.78, 5) is 14.0. The highest BCUT2D eigenvalue weighted by molar-refractivity contribution is 5.75. The van der Waals surface area contributed by atoms with E-state index in [2.05, 4.69) is 5.32 Å². The van der Waals surface area contributed by atoms with E-state index in [1.54, 1.807) is 17.9 Å². The van der Waals surface area contributed by atoms with Crippen LogP contribution in [-0.4, -0.2) is 34.7 Å². The molecule has 0 spiro atoms. The van der Waals surface area contributed by atoms with Crippen LogP contribution in [0.25, 0.3) is 0 Å². The quantitative estimate of drug-likeness (QED) is 0.897. The number of urea groups is 1. The van der Waals surface area contributed by atoms with E-state index in [0.29, 0.717) is 6.54 Å². The third-order valence-corrected chi connectivity index (χ3v) is 3.83. The lowest BCUT2D eigenvalue weighted by molar-refractivity contribution is 0.117. The van der Waals surface area contributed by atoms with Crippen molar-refractivity contribution in [3.63, 3.8) is 0 Å². The lowest BCUT2D eigenvalue weighted by Crippen LogP contribution is -2.47. The van der Waals surface area contributed by atoms with Gasteiger partial charge < -0.3 is 15.3 Å². The van der Waals surface area contributed by atoms with Crippen molar-refractivity contribution in [1.29, 1.82) is 0 Å². The van der Waals surface area contributed by atoms with Crippen molar-refractivity contribution in [2.75, 3.05) is 6.54 Å². The summed E-state index contributed by atoms with van der Waals surface area (Å²) in [7, 11) is 0. The molecular formula is C16H23FN2O2. The van der Waals surface area contributed by atoms with Crippen LogP contribution in [0, 0.1) is 5.82 Å². The number of nitrogens with one attached hydrogen (secondary N) is 1. The standard InChI is InChI=1S/C16H23FN2O2/c1-10(2)19(9-11(3)20)16(21)18-15-7-4-12-8-13(17)5-6-14(12)15/h5-6,8,10-11,15,20H,4,7,9H2,1-3H3,(H,18,21). The number of hydrogen-bond acceptors (Lipinski definition) is 2. The molecule has 1 aromatic rings. The SMILES string of the molecule is CC(O)CN(C(=O)NC1CCc2cc(F)ccc21)C(C)C. The van der Waals surface area contributed by atoms with Crippen LogP contribution in [0.2, 0.25) is 0 Å². The lowest BCUT2D eigenvalue weighted by Gasteiger charge is -2.29. The molecule has 0 aliphatic heterocycles. The molecule has 0 bridgehead atoms. The molecule has 21 heavy (non-hydrogen) atoms. The number of benzene rings is 1. The zero-order valence-corrected chi connectivity index (χ0v) is 12.8. The third kappa shape index (κ3) is 3.73. The zero-order chi connectivity index (χ0) is 15.6. The average molecular weight is 294 g/mol. The molecule has 116 valence electrons. The van der Waals surface area contributed by atoms with E-state index in [9.17, 15) is 14.3 Å². The van der Waals surface area contributed by atoms with E-state index in [1.807, 2.05) is 13.8 Å². The van der Waals surface area contributed by atoms with Gasteiger partial charge in [0, 0.05) is 12.6 Å². The second kappa shape index (κ2) is 6.43. The second-order valence-electron chi connectivity index (χ2n) is 5.98. The van der Waals surface area contributed by atoms with Gasteiger partial charge in [0.25, 0.3) is 0 Å². The first-order chi connectivity index (χ1) is 9.88. The lowest BCUT2D eigenvalue weighted by atomic mass is 10.1. The van der Waals surface area contributed by atoms with Crippen LogP contribution in [0.15, 0.2) is 18.2 Å². The number of carbonyl (C=O) groups is 1. The first kappa shape index (κ1) is 15.8. The Bertz CT molecular complexity index is 517. The number of aliphatic hydroxyl groups is 1. The monoisotopic (exact) mass is 294 g/mol. The van der Waals surface area contributed by atoms with Gasteiger partial charge in [-0.1, -0.05) is 6.07 Å². The van der Waals surface area contributed by atoms with E-state index in [0.717, 1.165) is 24.0 Å². The van der Waals surface area contributed by atoms with E-state index < -0.39 is 6.10 Å². The Morgan fingerprint density at radius 3 is 2.81 bits per heavy atom. The summed E-state index contributed by atoms with van der Waals surface area (Å²) >= 11 is 0. The molecule has 1 aliphatic carbocycles. The maximum absolute atomic E-state index is 13.2. The Labute approximate surface area is 125 Å². The molecule has 1 aromatic carbocycles. The largest absolute Gasteiger partial charge is 0.392 e. The van der Waals surface area contributed by atoms with Gasteiger partial charge in [0.15, 0.2) is 0 Å². The molecule has 2 N–H and O–H groups in total. The fraction of sp³-hybridized carbons (Fsp3) is 0.562. The minimum atomic E-state index is -0.567. The topological polar surface area (TPSA) is 52.6 Å². The number of aliphatic hydroxyl groups excluding tert-OH is 1. The van der Waals surface area contributed by atoms with Crippen LogP contribution in [0.1, 0.15) is 44.4 Å². The van der Waals surface area contributed by atoms with Crippen molar-refractivity contribution in [3.05, 3.63) is 35.1 Å². The molecule has 0 radical (unpaired) electrons. The number of nitrogens with zero attached hydrogens (tertiary/aromatic N) is 1. The van der Waals surface area contributed by atoms with Gasteiger partial charge in [0.2, 0.25) is 0 Å². The predicted octanol–water partition coefficient (Wildman–Crippen LogP) is 2.61. The van der Waals surface area contributed by atoms with Gasteiger partial charge in [-0.3, -0.25) is 0 Å². The van der Waals surface area contributed by atoms with E-state index in [-0.39, 0.29) is 23.9 Å². The first-order valence-electron chi connectivity index (χ1n) is 7.42. The van der Waals surface area contributed by atoms with Crippen LogP contribution in [0.3, 0.4) is 0 Å². The van der Waals surface area contributed by atoms with Crippen LogP contribution in [-0.2, 0) is 6.42 Å². The smallest absolute Gasteiger partial charge is 0.318 e. The Morgan fingerprint density at radius 1 is 1.48 bits per heavy atom. The fourth-order valence-corrected chi connectivity index (χ4v) is 2.78. The number of hydrogen-bond donors (Lipinski definition) is 2. The molecule has 0 saturated carbocycles. The Hall–Kier alpha value is -1.62. The maximum atomic E-state index is 13.2. The van der Waals surface area contributed by atoms with Crippen LogP contribution >= 0.6 is 0 Å². The summed E-state index contributed by atoms with van der Waals surface area (Å²) in [5.41, 5.74) is 1.96. The van der Waals surface area contributed by atoms with E-state index in [4.69, 9.17) is 0 Å². The molecule has 1 aliphatic rings. The normalized spacial score (nSPS) is 18.5. The number of rotatable bonds is 4. The van der Waals surface area contributed by atoms with Crippen molar-refractivity contribution >= 4 is 6.03 Å². The molecule has 0 fully saturated rings. The van der Waals surface area contributed by atoms with Crippen molar-refractivity contribution in [1.82, 2.24) is 10.2 Å². The molecule has 5 heteroatoms. The molecule has 2 amide bonds. The minimum absolute atomic E-state index is 0.00805. The summed E-state index contributed by atoms with van der Waals surface area (Å²) in [6.45, 7) is 5.79. The molecule has 0 aromatic heterocycles. The van der Waals surface area contributed by atoms with Crippen LogP contribution in [0.5, 0.6) is 0 Å². The van der Waals surface area contributed by atoms with Gasteiger partial charge in [-0.05, 0) is 56.9 Å². The van der Waals surface area contributed by atoms with Crippen LogP contribution < -0.4 is 5.32 Å². The molecule has 0 heterocycles. The second-order valence-corrected chi connectivity index (χ2v) is 5.98. The molecule has 2 unspecified atom stereocenters. The summed E-state index contributed by atoms with van der Waals surface area (Å²) in [5.74, 6) is -0.237. The van der Waals surface area contributed by atoms with Crippen molar-refractivity contribution in [2.24, 2.45) is 0 Å². The number of fused-ring (bicyclic) bond motifs is 1. The highest BCUT2D eigenvalue weighted by Crippen LogP contribution is 2.31. The maximum Gasteiger partial charge on any atom is 0.318 e. The average Bonchev–Trinajstić information content (AvgIpc) is 2.77. The van der Waals surface area contributed by atoms with Crippen molar-refractivity contribution < 1.29 is 14.3 Å². The number of halogens is 1. The first-order valence-corrected chi connectivity index (χ1v) is 7.42. The Balaban J connectivity index is 2.07. The Kier molecular flexibility index (Phi) is 4.83. The van der Waals surface area contributed by atoms with Gasteiger partial charge in [0.1, 0.15) is 5.82 Å². The molecule has 2 atom stereocenters. The van der Waals surface area contributed by atoms with Gasteiger partial charge in [-0.25, -0.2) is 9.18 Å². The van der Waals surface area contributed by atoms with Crippen molar-refractivity contribution in [2.45, 2.75) is 51.8 Å². The van der Waals surface area contributed by atoms with Crippen LogP contribution in [0.4, 0.5) is 9.18 Å².